The van der Waals surface area contributed by atoms with E-state index in [2.05, 4.69) is 26.1 Å². The minimum absolute atomic E-state index is 0.219. The number of unbranched alkanes of at least 4 members (excludes halogenated alkanes) is 1. The van der Waals surface area contributed by atoms with Gasteiger partial charge in [0, 0.05) is 12.5 Å². The molecule has 0 radical (unpaired) electrons. The second kappa shape index (κ2) is 9.87. The fourth-order valence-electron chi connectivity index (χ4n) is 1.90. The Morgan fingerprint density at radius 3 is 2.53 bits per heavy atom. The number of nitrogens with one attached hydrogen (secondary N) is 1. The molecule has 0 aliphatic heterocycles. The molecule has 2 unspecified atom stereocenters. The Morgan fingerprint density at radius 2 is 2.00 bits per heavy atom. The highest BCUT2D eigenvalue weighted by molar-refractivity contribution is 7.80. The molecule has 6 heteroatoms. The minimum atomic E-state index is -3.35. The zero-order valence-electron chi connectivity index (χ0n) is 12.5. The summed E-state index contributed by atoms with van der Waals surface area (Å²) in [5.41, 5.74) is 0. The maximum Gasteiger partial charge on any atom is 0.328 e. The second-order valence-corrected chi connectivity index (χ2v) is 7.73. The van der Waals surface area contributed by atoms with E-state index in [-0.39, 0.29) is 12.8 Å². The third kappa shape index (κ3) is 10.5. The van der Waals surface area contributed by atoms with Crippen LogP contribution in [0.2, 0.25) is 0 Å². The summed E-state index contributed by atoms with van der Waals surface area (Å²) >= 11 is 5.32. The van der Waals surface area contributed by atoms with E-state index in [1.54, 1.807) is 6.92 Å². The van der Waals surface area contributed by atoms with Crippen LogP contribution in [0.5, 0.6) is 0 Å². The van der Waals surface area contributed by atoms with Gasteiger partial charge in [0.25, 0.3) is 0 Å². The van der Waals surface area contributed by atoms with Gasteiger partial charge in [-0.25, -0.2) is 0 Å². The van der Waals surface area contributed by atoms with E-state index >= 15 is 0 Å². The SMILES string of the molecule is CCOP(=O)(O)CCCCNC(=S)C(C)CC(C)C. The van der Waals surface area contributed by atoms with Crippen molar-refractivity contribution in [1.82, 2.24) is 5.32 Å². The molecule has 0 aromatic rings. The third-order valence-electron chi connectivity index (χ3n) is 2.77. The fraction of sp³-hybridized carbons (Fsp3) is 0.923. The predicted octanol–water partition coefficient (Wildman–Crippen LogP) is 3.59. The number of thiocarbonyl (C=S) groups is 1. The minimum Gasteiger partial charge on any atom is -0.379 e. The van der Waals surface area contributed by atoms with Crippen molar-refractivity contribution in [3.8, 4) is 0 Å². The quantitative estimate of drug-likeness (QED) is 0.367. The normalized spacial score (nSPS) is 16.1. The summed E-state index contributed by atoms with van der Waals surface area (Å²) in [7, 11) is -3.35. The van der Waals surface area contributed by atoms with E-state index in [4.69, 9.17) is 16.7 Å². The van der Waals surface area contributed by atoms with Gasteiger partial charge >= 0.3 is 7.60 Å². The molecule has 0 spiro atoms. The van der Waals surface area contributed by atoms with Crippen molar-refractivity contribution in [3.63, 3.8) is 0 Å². The van der Waals surface area contributed by atoms with Gasteiger partial charge in [0.15, 0.2) is 0 Å². The smallest absolute Gasteiger partial charge is 0.328 e. The van der Waals surface area contributed by atoms with Crippen molar-refractivity contribution in [2.45, 2.75) is 47.0 Å². The Hall–Kier alpha value is 0.0400. The number of hydrogen-bond donors (Lipinski definition) is 2. The maximum atomic E-state index is 11.4. The Kier molecular flexibility index (Phi) is 9.89. The van der Waals surface area contributed by atoms with E-state index in [1.807, 2.05) is 0 Å². The van der Waals surface area contributed by atoms with Gasteiger partial charge in [-0.3, -0.25) is 4.57 Å². The van der Waals surface area contributed by atoms with Gasteiger partial charge in [0.05, 0.1) is 17.8 Å². The molecule has 114 valence electrons. The molecule has 0 saturated heterocycles. The van der Waals surface area contributed by atoms with Crippen LogP contribution in [0.3, 0.4) is 0 Å². The lowest BCUT2D eigenvalue weighted by atomic mass is 9.99. The second-order valence-electron chi connectivity index (χ2n) is 5.31. The Bertz CT molecular complexity index is 310. The zero-order chi connectivity index (χ0) is 14.9. The molecule has 0 aliphatic rings. The predicted molar refractivity (Wildman–Crippen MR) is 84.8 cm³/mol. The van der Waals surface area contributed by atoms with Gasteiger partial charge in [0.1, 0.15) is 0 Å². The van der Waals surface area contributed by atoms with E-state index in [9.17, 15) is 9.46 Å². The highest BCUT2D eigenvalue weighted by Gasteiger charge is 2.17. The van der Waals surface area contributed by atoms with Gasteiger partial charge < -0.3 is 14.7 Å². The van der Waals surface area contributed by atoms with Gasteiger partial charge in [0.2, 0.25) is 0 Å². The van der Waals surface area contributed by atoms with E-state index in [1.165, 1.54) is 0 Å². The van der Waals surface area contributed by atoms with E-state index < -0.39 is 7.60 Å². The lowest BCUT2D eigenvalue weighted by Crippen LogP contribution is -2.29. The Morgan fingerprint density at radius 1 is 1.37 bits per heavy atom. The summed E-state index contributed by atoms with van der Waals surface area (Å²) in [4.78, 5) is 10.3. The molecule has 2 N–H and O–H groups in total. The first-order valence-corrected chi connectivity index (χ1v) is 9.19. The van der Waals surface area contributed by atoms with Crippen LogP contribution in [0.15, 0.2) is 0 Å². The summed E-state index contributed by atoms with van der Waals surface area (Å²) in [6, 6.07) is 0. The van der Waals surface area contributed by atoms with Crippen LogP contribution in [0.4, 0.5) is 0 Å². The molecule has 0 rings (SSSR count). The molecule has 0 aliphatic carbocycles. The van der Waals surface area contributed by atoms with Crippen molar-refractivity contribution in [2.24, 2.45) is 11.8 Å². The van der Waals surface area contributed by atoms with Crippen LogP contribution < -0.4 is 5.32 Å². The lowest BCUT2D eigenvalue weighted by molar-refractivity contribution is 0.273. The molecule has 19 heavy (non-hydrogen) atoms. The van der Waals surface area contributed by atoms with Crippen LogP contribution in [-0.4, -0.2) is 29.2 Å². The topological polar surface area (TPSA) is 58.6 Å². The summed E-state index contributed by atoms with van der Waals surface area (Å²) in [5, 5.41) is 3.23. The van der Waals surface area contributed by atoms with Gasteiger partial charge in [-0.2, -0.15) is 0 Å². The van der Waals surface area contributed by atoms with Crippen LogP contribution in [0.25, 0.3) is 0 Å². The molecule has 0 saturated carbocycles. The van der Waals surface area contributed by atoms with Crippen LogP contribution in [0, 0.1) is 11.8 Å². The van der Waals surface area contributed by atoms with Crippen molar-refractivity contribution < 1.29 is 14.0 Å². The molecule has 0 amide bonds. The summed E-state index contributed by atoms with van der Waals surface area (Å²) in [5.74, 6) is 1.03. The van der Waals surface area contributed by atoms with E-state index in [0.717, 1.165) is 24.4 Å². The molecule has 0 bridgehead atoms. The van der Waals surface area contributed by atoms with Crippen molar-refractivity contribution in [3.05, 3.63) is 0 Å². The number of rotatable bonds is 10. The van der Waals surface area contributed by atoms with Crippen molar-refractivity contribution in [2.75, 3.05) is 19.3 Å². The maximum absolute atomic E-state index is 11.4. The van der Waals surface area contributed by atoms with Gasteiger partial charge in [-0.15, -0.1) is 0 Å². The summed E-state index contributed by atoms with van der Waals surface area (Å²) in [6.07, 6.45) is 2.80. The Labute approximate surface area is 122 Å². The first kappa shape index (κ1) is 19.0. The van der Waals surface area contributed by atoms with E-state index in [0.29, 0.717) is 18.3 Å². The first-order valence-electron chi connectivity index (χ1n) is 7.02. The fourth-order valence-corrected chi connectivity index (χ4v) is 3.26. The molecular weight excluding hydrogens is 281 g/mol. The third-order valence-corrected chi connectivity index (χ3v) is 4.86. The number of hydrogen-bond acceptors (Lipinski definition) is 3. The highest BCUT2D eigenvalue weighted by atomic mass is 32.1. The molecular formula is C13H28NO3PS. The van der Waals surface area contributed by atoms with Crippen LogP contribution in [0.1, 0.15) is 47.0 Å². The molecule has 0 heterocycles. The standard InChI is InChI=1S/C13H28NO3PS/c1-5-17-18(15,16)9-7-6-8-14-13(19)12(4)10-11(2)3/h11-12H,5-10H2,1-4H3,(H,14,19)(H,15,16). The average Bonchev–Trinajstić information content (AvgIpc) is 2.27. The largest absolute Gasteiger partial charge is 0.379 e. The highest BCUT2D eigenvalue weighted by Crippen LogP contribution is 2.42. The average molecular weight is 309 g/mol. The van der Waals surface area contributed by atoms with Crippen molar-refractivity contribution >= 4 is 24.8 Å². The van der Waals surface area contributed by atoms with Gasteiger partial charge in [-0.05, 0) is 32.1 Å². The molecule has 4 nitrogen and oxygen atoms in total. The summed E-state index contributed by atoms with van der Waals surface area (Å²) < 4.78 is 16.2. The van der Waals surface area contributed by atoms with Crippen LogP contribution >= 0.6 is 19.8 Å². The molecule has 0 fully saturated rings. The lowest BCUT2D eigenvalue weighted by Gasteiger charge is -2.17. The monoisotopic (exact) mass is 309 g/mol. The van der Waals surface area contributed by atoms with Crippen LogP contribution in [-0.2, 0) is 9.09 Å². The summed E-state index contributed by atoms with van der Waals surface area (Å²) in [6.45, 7) is 9.26. The first-order chi connectivity index (χ1) is 8.78. The van der Waals surface area contributed by atoms with Gasteiger partial charge in [-0.1, -0.05) is 33.0 Å². The van der Waals surface area contributed by atoms with Crippen molar-refractivity contribution in [1.29, 1.82) is 0 Å². The molecule has 0 aromatic carbocycles. The zero-order valence-corrected chi connectivity index (χ0v) is 14.2. The Balaban J connectivity index is 3.69. The molecule has 0 aromatic heterocycles. The molecule has 2 atom stereocenters.